The molecule has 0 N–H and O–H groups in total. The third-order valence-electron chi connectivity index (χ3n) is 6.76. The Hall–Kier alpha value is -4.36. The quantitative estimate of drug-likeness (QED) is 0.247. The van der Waals surface area contributed by atoms with Crippen LogP contribution in [-0.2, 0) is 0 Å². The van der Waals surface area contributed by atoms with Gasteiger partial charge in [-0.1, -0.05) is 97.1 Å². The summed E-state index contributed by atoms with van der Waals surface area (Å²) < 4.78 is 2.42. The van der Waals surface area contributed by atoms with Crippen molar-refractivity contribution in [3.05, 3.63) is 127 Å². The lowest BCUT2D eigenvalue weighted by Crippen LogP contribution is -1.97. The summed E-state index contributed by atoms with van der Waals surface area (Å²) in [6, 6.07) is 46.1. The lowest BCUT2D eigenvalue weighted by atomic mass is 9.94. The number of benzene rings is 6. The molecule has 0 aliphatic heterocycles. The van der Waals surface area contributed by atoms with Crippen LogP contribution in [-0.4, -0.2) is 4.57 Å². The van der Waals surface area contributed by atoms with Gasteiger partial charge in [-0.3, -0.25) is 0 Å². The van der Waals surface area contributed by atoms with Crippen molar-refractivity contribution in [1.82, 2.24) is 4.57 Å². The minimum atomic E-state index is 1.20. The molecule has 7 rings (SSSR count). The maximum absolute atomic E-state index is 2.42. The third-order valence-corrected chi connectivity index (χ3v) is 6.76. The van der Waals surface area contributed by atoms with Gasteiger partial charge < -0.3 is 4.57 Å². The first-order valence-electron chi connectivity index (χ1n) is 11.4. The van der Waals surface area contributed by atoms with Crippen molar-refractivity contribution in [2.75, 3.05) is 0 Å². The fraction of sp³-hybridized carbons (Fsp3) is 0. The molecule has 7 aromatic rings. The number of aromatic nitrogens is 1. The first-order valence-corrected chi connectivity index (χ1v) is 11.4. The second-order valence-corrected chi connectivity index (χ2v) is 8.61. The predicted octanol–water partition coefficient (Wildman–Crippen LogP) is 8.76. The number of hydrogen-bond donors (Lipinski definition) is 0. The van der Waals surface area contributed by atoms with Gasteiger partial charge in [-0.2, -0.15) is 0 Å². The second kappa shape index (κ2) is 7.08. The van der Waals surface area contributed by atoms with E-state index in [4.69, 9.17) is 0 Å². The highest BCUT2D eigenvalue weighted by Gasteiger charge is 2.16. The van der Waals surface area contributed by atoms with E-state index in [1.54, 1.807) is 0 Å². The summed E-state index contributed by atoms with van der Waals surface area (Å²) in [6.45, 7) is 0. The van der Waals surface area contributed by atoms with Crippen LogP contribution in [0.2, 0.25) is 0 Å². The molecule has 0 atom stereocenters. The van der Waals surface area contributed by atoms with Gasteiger partial charge in [0.1, 0.15) is 0 Å². The van der Waals surface area contributed by atoms with Gasteiger partial charge in [-0.25, -0.2) is 0 Å². The first-order chi connectivity index (χ1) is 16.4. The number of nitrogens with zero attached hydrogens (tertiary/aromatic N) is 1. The van der Waals surface area contributed by atoms with Crippen molar-refractivity contribution >= 4 is 43.4 Å². The highest BCUT2D eigenvalue weighted by atomic mass is 15.0. The van der Waals surface area contributed by atoms with E-state index >= 15 is 0 Å². The smallest absolute Gasteiger partial charge is 0.0541 e. The van der Waals surface area contributed by atoms with Gasteiger partial charge >= 0.3 is 0 Å². The van der Waals surface area contributed by atoms with Crippen LogP contribution >= 0.6 is 0 Å². The van der Waals surface area contributed by atoms with Crippen LogP contribution < -0.4 is 0 Å². The molecular weight excluding hydrogens is 398 g/mol. The molecule has 0 saturated heterocycles. The van der Waals surface area contributed by atoms with Gasteiger partial charge in [0.15, 0.2) is 0 Å². The predicted molar refractivity (Wildman–Crippen MR) is 141 cm³/mol. The average Bonchev–Trinajstić information content (AvgIpc) is 3.21. The van der Waals surface area contributed by atoms with Crippen LogP contribution in [0.5, 0.6) is 0 Å². The van der Waals surface area contributed by atoms with Crippen molar-refractivity contribution < 1.29 is 0 Å². The standard InChI is InChI=1S/C32H21N/c1-2-11-23-21-29-24(20-22(23)10-1)12-9-16-25(29)26-13-3-6-17-30(26)33-31-18-7-4-14-27(31)28-15-5-8-19-32(28)33/h1-21H. The van der Waals surface area contributed by atoms with Gasteiger partial charge in [0.2, 0.25) is 0 Å². The summed E-state index contributed by atoms with van der Waals surface area (Å²) >= 11 is 0. The fourth-order valence-electron chi connectivity index (χ4n) is 5.28. The van der Waals surface area contributed by atoms with Gasteiger partial charge in [0.25, 0.3) is 0 Å². The van der Waals surface area contributed by atoms with Crippen molar-refractivity contribution in [3.63, 3.8) is 0 Å². The minimum absolute atomic E-state index is 1.20. The lowest BCUT2D eigenvalue weighted by Gasteiger charge is -2.16. The largest absolute Gasteiger partial charge is 0.309 e. The van der Waals surface area contributed by atoms with Crippen LogP contribution in [0.4, 0.5) is 0 Å². The Morgan fingerprint density at radius 2 is 0.909 bits per heavy atom. The second-order valence-electron chi connectivity index (χ2n) is 8.61. The summed E-state index contributed by atoms with van der Waals surface area (Å²) in [7, 11) is 0. The molecule has 0 amide bonds. The molecule has 0 aliphatic carbocycles. The van der Waals surface area contributed by atoms with Crippen LogP contribution in [0.3, 0.4) is 0 Å². The van der Waals surface area contributed by atoms with E-state index in [2.05, 4.69) is 132 Å². The molecule has 0 spiro atoms. The number of fused-ring (bicyclic) bond motifs is 5. The topological polar surface area (TPSA) is 4.93 Å². The first kappa shape index (κ1) is 18.2. The molecule has 0 radical (unpaired) electrons. The Balaban J connectivity index is 1.59. The number of para-hydroxylation sites is 3. The molecule has 0 saturated carbocycles. The van der Waals surface area contributed by atoms with E-state index in [0.717, 1.165) is 0 Å². The molecule has 6 aromatic carbocycles. The van der Waals surface area contributed by atoms with Crippen molar-refractivity contribution in [1.29, 1.82) is 0 Å². The van der Waals surface area contributed by atoms with Crippen molar-refractivity contribution in [2.24, 2.45) is 0 Å². The molecule has 1 nitrogen and oxygen atoms in total. The molecule has 0 aliphatic rings. The van der Waals surface area contributed by atoms with E-state index in [9.17, 15) is 0 Å². The van der Waals surface area contributed by atoms with Gasteiger partial charge in [0.05, 0.1) is 16.7 Å². The highest BCUT2D eigenvalue weighted by molar-refractivity contribution is 6.11. The fourth-order valence-corrected chi connectivity index (χ4v) is 5.28. The summed E-state index contributed by atoms with van der Waals surface area (Å²) in [4.78, 5) is 0. The number of rotatable bonds is 2. The zero-order valence-corrected chi connectivity index (χ0v) is 18.1. The van der Waals surface area contributed by atoms with E-state index in [1.807, 2.05) is 0 Å². The lowest BCUT2D eigenvalue weighted by molar-refractivity contribution is 1.18. The zero-order chi connectivity index (χ0) is 21.8. The summed E-state index contributed by atoms with van der Waals surface area (Å²) in [5.41, 5.74) is 6.17. The average molecular weight is 420 g/mol. The van der Waals surface area contributed by atoms with Crippen LogP contribution in [0.1, 0.15) is 0 Å². The Morgan fingerprint density at radius 1 is 0.364 bits per heavy atom. The molecule has 1 aromatic heterocycles. The van der Waals surface area contributed by atoms with Crippen LogP contribution in [0.25, 0.3) is 60.2 Å². The monoisotopic (exact) mass is 419 g/mol. The van der Waals surface area contributed by atoms with Crippen LogP contribution in [0, 0.1) is 0 Å². The summed E-state index contributed by atoms with van der Waals surface area (Å²) in [5.74, 6) is 0. The maximum atomic E-state index is 2.42. The molecule has 33 heavy (non-hydrogen) atoms. The Labute approximate surface area is 192 Å². The van der Waals surface area contributed by atoms with E-state index in [-0.39, 0.29) is 0 Å². The summed E-state index contributed by atoms with van der Waals surface area (Å²) in [5, 5.41) is 7.66. The maximum Gasteiger partial charge on any atom is 0.0541 e. The van der Waals surface area contributed by atoms with Crippen molar-refractivity contribution in [3.8, 4) is 16.8 Å². The van der Waals surface area contributed by atoms with Crippen LogP contribution in [0.15, 0.2) is 127 Å². The molecule has 1 heteroatoms. The Kier molecular flexibility index (Phi) is 3.91. The van der Waals surface area contributed by atoms with Gasteiger partial charge in [-0.15, -0.1) is 0 Å². The van der Waals surface area contributed by atoms with Gasteiger partial charge in [0, 0.05) is 16.3 Å². The third kappa shape index (κ3) is 2.73. The van der Waals surface area contributed by atoms with E-state index in [1.165, 1.54) is 60.2 Å². The molecule has 1 heterocycles. The molecule has 0 unspecified atom stereocenters. The zero-order valence-electron chi connectivity index (χ0n) is 18.1. The SMILES string of the molecule is c1ccc(-n2c3ccccc3c3ccccc32)c(-c2cccc3cc4ccccc4cc23)c1. The van der Waals surface area contributed by atoms with Crippen molar-refractivity contribution in [2.45, 2.75) is 0 Å². The van der Waals surface area contributed by atoms with E-state index in [0.29, 0.717) is 0 Å². The molecule has 154 valence electrons. The highest BCUT2D eigenvalue weighted by Crippen LogP contribution is 2.38. The van der Waals surface area contributed by atoms with Gasteiger partial charge in [-0.05, 0) is 57.4 Å². The number of hydrogen-bond acceptors (Lipinski definition) is 0. The normalized spacial score (nSPS) is 11.6. The minimum Gasteiger partial charge on any atom is -0.309 e. The Bertz CT molecular complexity index is 1770. The summed E-state index contributed by atoms with van der Waals surface area (Å²) in [6.07, 6.45) is 0. The Morgan fingerprint density at radius 3 is 1.67 bits per heavy atom. The molecular formula is C32H21N. The molecule has 0 bridgehead atoms. The molecule has 0 fully saturated rings. The van der Waals surface area contributed by atoms with E-state index < -0.39 is 0 Å².